The summed E-state index contributed by atoms with van der Waals surface area (Å²) in [5.41, 5.74) is 3.17. The molecule has 0 atom stereocenters. The van der Waals surface area contributed by atoms with Crippen molar-refractivity contribution in [2.45, 2.75) is 6.92 Å². The molecule has 0 saturated carbocycles. The summed E-state index contributed by atoms with van der Waals surface area (Å²) < 4.78 is 2.14. The topological polar surface area (TPSA) is 52.6 Å². The molecule has 0 spiro atoms. The second-order valence-electron chi connectivity index (χ2n) is 4.74. The van der Waals surface area contributed by atoms with Crippen molar-refractivity contribution >= 4 is 51.6 Å². The molecule has 0 radical (unpaired) electrons. The van der Waals surface area contributed by atoms with Crippen molar-refractivity contribution in [2.75, 3.05) is 18.5 Å². The molecule has 116 valence electrons. The van der Waals surface area contributed by atoms with Crippen molar-refractivity contribution in [3.63, 3.8) is 0 Å². The van der Waals surface area contributed by atoms with E-state index in [1.165, 1.54) is 0 Å². The minimum Gasteiger partial charge on any atom is -0.394 e. The highest BCUT2D eigenvalue weighted by molar-refractivity contribution is 14.1. The third-order valence-electron chi connectivity index (χ3n) is 3.13. The van der Waals surface area contributed by atoms with Gasteiger partial charge in [0.1, 0.15) is 0 Å². The number of carbonyl (C=O) groups is 1. The zero-order chi connectivity index (χ0) is 16.1. The van der Waals surface area contributed by atoms with Crippen molar-refractivity contribution < 1.29 is 9.90 Å². The maximum atomic E-state index is 12.3. The molecule has 0 bridgehead atoms. The molecule has 6 heteroatoms. The third-order valence-corrected chi connectivity index (χ3v) is 4.13. The maximum absolute atomic E-state index is 12.3. The maximum Gasteiger partial charge on any atom is 0.270 e. The Balaban J connectivity index is 2.30. The van der Waals surface area contributed by atoms with Crippen LogP contribution in [0.2, 0.25) is 0 Å². The van der Waals surface area contributed by atoms with Crippen LogP contribution in [0.1, 0.15) is 15.9 Å². The standard InChI is InChI=1S/C16H16ClIN2O2/c1-11-10-12(18)6-7-14(11)19-15-5-3-2-4-13(15)16(22)20(17)8-9-21/h2-7,10,19,21H,8-9H2,1H3. The van der Waals surface area contributed by atoms with E-state index in [4.69, 9.17) is 16.9 Å². The molecular weight excluding hydrogens is 415 g/mol. The van der Waals surface area contributed by atoms with Gasteiger partial charge in [-0.1, -0.05) is 12.1 Å². The molecule has 22 heavy (non-hydrogen) atoms. The van der Waals surface area contributed by atoms with Crippen molar-refractivity contribution in [1.29, 1.82) is 0 Å². The Labute approximate surface area is 148 Å². The highest BCUT2D eigenvalue weighted by Gasteiger charge is 2.17. The van der Waals surface area contributed by atoms with E-state index < -0.39 is 0 Å². The highest BCUT2D eigenvalue weighted by Crippen LogP contribution is 2.26. The van der Waals surface area contributed by atoms with Crippen LogP contribution in [-0.2, 0) is 0 Å². The molecule has 0 aliphatic heterocycles. The molecule has 1 amide bonds. The number of benzene rings is 2. The fraction of sp³-hybridized carbons (Fsp3) is 0.188. The number of amides is 1. The normalized spacial score (nSPS) is 10.4. The lowest BCUT2D eigenvalue weighted by molar-refractivity contribution is 0.0845. The van der Waals surface area contributed by atoms with Crippen LogP contribution >= 0.6 is 34.4 Å². The number of aliphatic hydroxyl groups excluding tert-OH is 1. The Bertz CT molecular complexity index is 679. The lowest BCUT2D eigenvalue weighted by Crippen LogP contribution is -2.25. The van der Waals surface area contributed by atoms with Gasteiger partial charge in [0, 0.05) is 21.0 Å². The Kier molecular flexibility index (Phi) is 6.05. The van der Waals surface area contributed by atoms with Crippen LogP contribution in [-0.4, -0.2) is 28.6 Å². The molecule has 2 aromatic rings. The van der Waals surface area contributed by atoms with Gasteiger partial charge in [-0.3, -0.25) is 4.79 Å². The van der Waals surface area contributed by atoms with Crippen molar-refractivity contribution in [1.82, 2.24) is 4.42 Å². The number of nitrogens with one attached hydrogen (secondary N) is 1. The molecule has 2 N–H and O–H groups in total. The van der Waals surface area contributed by atoms with Gasteiger partial charge in [-0.25, -0.2) is 4.42 Å². The summed E-state index contributed by atoms with van der Waals surface area (Å²) in [5.74, 6) is -0.345. The molecule has 0 aliphatic carbocycles. The van der Waals surface area contributed by atoms with Gasteiger partial charge in [-0.15, -0.1) is 0 Å². The first kappa shape index (κ1) is 17.1. The number of nitrogens with zero attached hydrogens (tertiary/aromatic N) is 1. The largest absolute Gasteiger partial charge is 0.394 e. The number of carbonyl (C=O) groups excluding carboxylic acids is 1. The third kappa shape index (κ3) is 4.12. The summed E-state index contributed by atoms with van der Waals surface area (Å²) in [5, 5.41) is 12.2. The number of hydrogen-bond acceptors (Lipinski definition) is 3. The number of anilines is 2. The van der Waals surface area contributed by atoms with E-state index in [1.54, 1.807) is 12.1 Å². The quantitative estimate of drug-likeness (QED) is 0.558. The Morgan fingerprint density at radius 1 is 1.27 bits per heavy atom. The number of aryl methyl sites for hydroxylation is 1. The molecule has 4 nitrogen and oxygen atoms in total. The van der Waals surface area contributed by atoms with Gasteiger partial charge in [-0.2, -0.15) is 0 Å². The Morgan fingerprint density at radius 2 is 2.00 bits per heavy atom. The van der Waals surface area contributed by atoms with E-state index in [0.29, 0.717) is 11.3 Å². The van der Waals surface area contributed by atoms with Crippen molar-refractivity contribution in [3.05, 3.63) is 57.2 Å². The fourth-order valence-corrected chi connectivity index (χ4v) is 2.82. The lowest BCUT2D eigenvalue weighted by Gasteiger charge is -2.17. The average Bonchev–Trinajstić information content (AvgIpc) is 2.50. The smallest absolute Gasteiger partial charge is 0.270 e. The average molecular weight is 431 g/mol. The van der Waals surface area contributed by atoms with Gasteiger partial charge in [-0.05, 0) is 65.4 Å². The van der Waals surface area contributed by atoms with E-state index >= 15 is 0 Å². The van der Waals surface area contributed by atoms with Gasteiger partial charge in [0.05, 0.1) is 24.4 Å². The van der Waals surface area contributed by atoms with E-state index in [1.807, 2.05) is 31.2 Å². The fourth-order valence-electron chi connectivity index (χ4n) is 2.01. The van der Waals surface area contributed by atoms with Crippen LogP contribution in [0.25, 0.3) is 0 Å². The van der Waals surface area contributed by atoms with Gasteiger partial charge < -0.3 is 10.4 Å². The predicted octanol–water partition coefficient (Wildman–Crippen LogP) is 3.93. The van der Waals surface area contributed by atoms with E-state index in [0.717, 1.165) is 19.2 Å². The van der Waals surface area contributed by atoms with Crippen LogP contribution < -0.4 is 5.32 Å². The summed E-state index contributed by atoms with van der Waals surface area (Å²) in [6.07, 6.45) is 0. The van der Waals surface area contributed by atoms with Crippen molar-refractivity contribution in [3.8, 4) is 0 Å². The lowest BCUT2D eigenvalue weighted by atomic mass is 10.1. The number of hydrogen-bond donors (Lipinski definition) is 2. The minimum absolute atomic E-state index is 0.0806. The highest BCUT2D eigenvalue weighted by atomic mass is 127. The first-order valence-corrected chi connectivity index (χ1v) is 8.15. The van der Waals surface area contributed by atoms with Crippen LogP contribution in [0, 0.1) is 10.5 Å². The summed E-state index contributed by atoms with van der Waals surface area (Å²) >= 11 is 8.15. The molecule has 0 aliphatic rings. The zero-order valence-corrected chi connectivity index (χ0v) is 14.9. The number of aliphatic hydroxyl groups is 1. The molecule has 2 rings (SSSR count). The molecule has 0 aromatic heterocycles. The van der Waals surface area contributed by atoms with E-state index in [2.05, 4.69) is 34.0 Å². The van der Waals surface area contributed by atoms with Crippen LogP contribution in [0.4, 0.5) is 11.4 Å². The predicted molar refractivity (Wildman–Crippen MR) is 97.6 cm³/mol. The van der Waals surface area contributed by atoms with Gasteiger partial charge in [0.25, 0.3) is 5.91 Å². The van der Waals surface area contributed by atoms with E-state index in [-0.39, 0.29) is 19.1 Å². The van der Waals surface area contributed by atoms with Crippen LogP contribution in [0.3, 0.4) is 0 Å². The summed E-state index contributed by atoms with van der Waals surface area (Å²) in [6.45, 7) is 1.91. The number of para-hydroxylation sites is 1. The Hall–Kier alpha value is -1.31. The second-order valence-corrected chi connectivity index (χ2v) is 6.40. The van der Waals surface area contributed by atoms with Gasteiger partial charge in [0.2, 0.25) is 0 Å². The summed E-state index contributed by atoms with van der Waals surface area (Å²) in [6, 6.07) is 13.2. The molecular formula is C16H16ClIN2O2. The van der Waals surface area contributed by atoms with Gasteiger partial charge >= 0.3 is 0 Å². The monoisotopic (exact) mass is 430 g/mol. The second kappa shape index (κ2) is 7.80. The molecule has 0 unspecified atom stereocenters. The summed E-state index contributed by atoms with van der Waals surface area (Å²) in [4.78, 5) is 12.3. The number of halogens is 2. The molecule has 0 heterocycles. The first-order valence-electron chi connectivity index (χ1n) is 6.73. The van der Waals surface area contributed by atoms with Crippen molar-refractivity contribution in [2.24, 2.45) is 0 Å². The molecule has 0 fully saturated rings. The van der Waals surface area contributed by atoms with Gasteiger partial charge in [0.15, 0.2) is 0 Å². The number of rotatable bonds is 5. The molecule has 0 saturated heterocycles. The van der Waals surface area contributed by atoms with Crippen LogP contribution in [0.15, 0.2) is 42.5 Å². The SMILES string of the molecule is Cc1cc(I)ccc1Nc1ccccc1C(=O)N(Cl)CCO. The minimum atomic E-state index is -0.345. The molecule has 2 aromatic carbocycles. The zero-order valence-electron chi connectivity index (χ0n) is 12.0. The van der Waals surface area contributed by atoms with Crippen LogP contribution in [0.5, 0.6) is 0 Å². The first-order chi connectivity index (χ1) is 10.5. The summed E-state index contributed by atoms with van der Waals surface area (Å²) in [7, 11) is 0. The Morgan fingerprint density at radius 3 is 2.68 bits per heavy atom. The van der Waals surface area contributed by atoms with E-state index in [9.17, 15) is 4.79 Å².